The Kier molecular flexibility index (Phi) is 5.12. The molecule has 1 fully saturated rings. The van der Waals surface area contributed by atoms with E-state index in [4.69, 9.17) is 0 Å². The van der Waals surface area contributed by atoms with Crippen LogP contribution in [0.5, 0.6) is 0 Å². The normalized spacial score (nSPS) is 17.1. The molecule has 1 amide bonds. The van der Waals surface area contributed by atoms with Crippen molar-refractivity contribution in [3.8, 4) is 0 Å². The number of rotatable bonds is 4. The summed E-state index contributed by atoms with van der Waals surface area (Å²) < 4.78 is 13.7. The van der Waals surface area contributed by atoms with Crippen LogP contribution in [0.3, 0.4) is 0 Å². The van der Waals surface area contributed by atoms with E-state index >= 15 is 0 Å². The Morgan fingerprint density at radius 3 is 2.75 bits per heavy atom. The Morgan fingerprint density at radius 1 is 1.40 bits per heavy atom. The summed E-state index contributed by atoms with van der Waals surface area (Å²) in [6.07, 6.45) is 2.45. The molecule has 1 aromatic rings. The average Bonchev–Trinajstić information content (AvgIpc) is 2.41. The third kappa shape index (κ3) is 4.04. The molecule has 1 saturated heterocycles. The number of piperidine rings is 1. The van der Waals surface area contributed by atoms with E-state index in [-0.39, 0.29) is 11.5 Å². The molecule has 0 atom stereocenters. The van der Waals surface area contributed by atoms with Crippen LogP contribution in [0.2, 0.25) is 0 Å². The number of hydrogen-bond acceptors (Lipinski definition) is 2. The van der Waals surface area contributed by atoms with Crippen molar-refractivity contribution in [1.82, 2.24) is 10.2 Å². The summed E-state index contributed by atoms with van der Waals surface area (Å²) in [5.41, 5.74) is 0.948. The van der Waals surface area contributed by atoms with Crippen molar-refractivity contribution < 1.29 is 9.18 Å². The van der Waals surface area contributed by atoms with Crippen molar-refractivity contribution in [2.75, 3.05) is 26.2 Å². The molecule has 1 heterocycles. The van der Waals surface area contributed by atoms with Gasteiger partial charge in [-0.15, -0.1) is 0 Å². The Hall–Kier alpha value is -1.42. The molecular formula is C16H23FN2O. The molecule has 0 radical (unpaired) electrons. The van der Waals surface area contributed by atoms with Gasteiger partial charge in [-0.3, -0.25) is 4.79 Å². The fourth-order valence-electron chi connectivity index (χ4n) is 2.51. The van der Waals surface area contributed by atoms with E-state index in [0.717, 1.165) is 31.1 Å². The van der Waals surface area contributed by atoms with E-state index in [1.54, 1.807) is 12.1 Å². The highest BCUT2D eigenvalue weighted by Crippen LogP contribution is 2.15. The molecule has 110 valence electrons. The number of benzene rings is 1. The zero-order chi connectivity index (χ0) is 14.5. The van der Waals surface area contributed by atoms with E-state index in [9.17, 15) is 9.18 Å². The molecule has 0 bridgehead atoms. The van der Waals surface area contributed by atoms with Gasteiger partial charge in [0.2, 0.25) is 0 Å². The van der Waals surface area contributed by atoms with E-state index in [2.05, 4.69) is 17.1 Å². The zero-order valence-corrected chi connectivity index (χ0v) is 12.3. The standard InChI is InChI=1S/C16H23FN2O/c1-12-5-8-19(9-6-12)10-7-18-16(20)14-4-3-13(2)11-15(14)17/h3-4,11-12H,5-10H2,1-2H3,(H,18,20). The highest BCUT2D eigenvalue weighted by atomic mass is 19.1. The van der Waals surface area contributed by atoms with Crippen LogP contribution >= 0.6 is 0 Å². The molecule has 0 aromatic heterocycles. The second kappa shape index (κ2) is 6.84. The smallest absolute Gasteiger partial charge is 0.254 e. The van der Waals surface area contributed by atoms with Gasteiger partial charge >= 0.3 is 0 Å². The molecule has 0 spiro atoms. The molecule has 20 heavy (non-hydrogen) atoms. The van der Waals surface area contributed by atoms with Gasteiger partial charge in [0.1, 0.15) is 5.82 Å². The van der Waals surface area contributed by atoms with Crippen molar-refractivity contribution in [3.63, 3.8) is 0 Å². The van der Waals surface area contributed by atoms with Gasteiger partial charge in [0.15, 0.2) is 0 Å². The van der Waals surface area contributed by atoms with E-state index in [0.29, 0.717) is 6.54 Å². The van der Waals surface area contributed by atoms with Gasteiger partial charge in [-0.2, -0.15) is 0 Å². The number of aryl methyl sites for hydroxylation is 1. The summed E-state index contributed by atoms with van der Waals surface area (Å²) in [4.78, 5) is 14.3. The highest BCUT2D eigenvalue weighted by Gasteiger charge is 2.16. The summed E-state index contributed by atoms with van der Waals surface area (Å²) in [5, 5.41) is 2.80. The maximum absolute atomic E-state index is 13.7. The van der Waals surface area contributed by atoms with Crippen LogP contribution in [0.25, 0.3) is 0 Å². The molecule has 3 nitrogen and oxygen atoms in total. The molecular weight excluding hydrogens is 255 g/mol. The topological polar surface area (TPSA) is 32.3 Å². The molecule has 0 aliphatic carbocycles. The maximum atomic E-state index is 13.7. The summed E-state index contributed by atoms with van der Waals surface area (Å²) in [6, 6.07) is 4.69. The molecule has 1 N–H and O–H groups in total. The quantitative estimate of drug-likeness (QED) is 0.918. The van der Waals surface area contributed by atoms with E-state index < -0.39 is 5.82 Å². The van der Waals surface area contributed by atoms with Gasteiger partial charge in [-0.25, -0.2) is 4.39 Å². The van der Waals surface area contributed by atoms with Crippen molar-refractivity contribution in [1.29, 1.82) is 0 Å². The van der Waals surface area contributed by atoms with Crippen LogP contribution in [0.15, 0.2) is 18.2 Å². The molecule has 0 saturated carbocycles. The number of halogens is 1. The second-order valence-corrected chi connectivity index (χ2v) is 5.76. The summed E-state index contributed by atoms with van der Waals surface area (Å²) in [6.45, 7) is 7.68. The number of carbonyl (C=O) groups excluding carboxylic acids is 1. The Balaban J connectivity index is 1.77. The third-order valence-electron chi connectivity index (χ3n) is 3.96. The molecule has 1 aliphatic rings. The van der Waals surface area contributed by atoms with Crippen molar-refractivity contribution in [3.05, 3.63) is 35.1 Å². The van der Waals surface area contributed by atoms with Crippen LogP contribution < -0.4 is 5.32 Å². The summed E-state index contributed by atoms with van der Waals surface area (Å²) >= 11 is 0. The molecule has 1 aliphatic heterocycles. The average molecular weight is 278 g/mol. The third-order valence-corrected chi connectivity index (χ3v) is 3.96. The van der Waals surface area contributed by atoms with Crippen molar-refractivity contribution in [2.45, 2.75) is 26.7 Å². The first-order valence-corrected chi connectivity index (χ1v) is 7.33. The van der Waals surface area contributed by atoms with Crippen LogP contribution in [0.4, 0.5) is 4.39 Å². The largest absolute Gasteiger partial charge is 0.351 e. The minimum atomic E-state index is -0.450. The Bertz CT molecular complexity index is 468. The molecule has 1 aromatic carbocycles. The van der Waals surface area contributed by atoms with E-state index in [1.165, 1.54) is 18.9 Å². The van der Waals surface area contributed by atoms with Crippen LogP contribution in [-0.4, -0.2) is 37.0 Å². The first kappa shape index (κ1) is 15.0. The lowest BCUT2D eigenvalue weighted by Gasteiger charge is -2.30. The van der Waals surface area contributed by atoms with Crippen molar-refractivity contribution in [2.24, 2.45) is 5.92 Å². The van der Waals surface area contributed by atoms with Gasteiger partial charge < -0.3 is 10.2 Å². The van der Waals surface area contributed by atoms with Crippen LogP contribution in [0.1, 0.15) is 35.7 Å². The minimum absolute atomic E-state index is 0.128. The van der Waals surface area contributed by atoms with Gasteiger partial charge in [-0.1, -0.05) is 13.0 Å². The lowest BCUT2D eigenvalue weighted by Crippen LogP contribution is -2.39. The number of nitrogens with zero attached hydrogens (tertiary/aromatic N) is 1. The van der Waals surface area contributed by atoms with E-state index in [1.807, 2.05) is 6.92 Å². The van der Waals surface area contributed by atoms with Gasteiger partial charge in [0.25, 0.3) is 5.91 Å². The monoisotopic (exact) mass is 278 g/mol. The number of carbonyl (C=O) groups is 1. The number of likely N-dealkylation sites (tertiary alicyclic amines) is 1. The Labute approximate surface area is 120 Å². The van der Waals surface area contributed by atoms with Crippen molar-refractivity contribution >= 4 is 5.91 Å². The molecule has 4 heteroatoms. The van der Waals surface area contributed by atoms with Gasteiger partial charge in [0, 0.05) is 13.1 Å². The lowest BCUT2D eigenvalue weighted by atomic mass is 9.99. The SMILES string of the molecule is Cc1ccc(C(=O)NCCN2CCC(C)CC2)c(F)c1. The zero-order valence-electron chi connectivity index (χ0n) is 12.3. The number of nitrogens with one attached hydrogen (secondary N) is 1. The lowest BCUT2D eigenvalue weighted by molar-refractivity contribution is 0.0940. The second-order valence-electron chi connectivity index (χ2n) is 5.76. The van der Waals surface area contributed by atoms with Crippen LogP contribution in [0, 0.1) is 18.7 Å². The number of hydrogen-bond donors (Lipinski definition) is 1. The molecule has 2 rings (SSSR count). The fourth-order valence-corrected chi connectivity index (χ4v) is 2.51. The van der Waals surface area contributed by atoms with Gasteiger partial charge in [-0.05, 0) is 56.5 Å². The van der Waals surface area contributed by atoms with Gasteiger partial charge in [0.05, 0.1) is 5.56 Å². The first-order chi connectivity index (χ1) is 9.56. The minimum Gasteiger partial charge on any atom is -0.351 e. The highest BCUT2D eigenvalue weighted by molar-refractivity contribution is 5.94. The summed E-state index contributed by atoms with van der Waals surface area (Å²) in [7, 11) is 0. The predicted molar refractivity (Wildman–Crippen MR) is 78.3 cm³/mol. The summed E-state index contributed by atoms with van der Waals surface area (Å²) in [5.74, 6) is 0.0321. The maximum Gasteiger partial charge on any atom is 0.254 e. The first-order valence-electron chi connectivity index (χ1n) is 7.33. The number of amides is 1. The molecule has 0 unspecified atom stereocenters. The van der Waals surface area contributed by atoms with Crippen LogP contribution in [-0.2, 0) is 0 Å². The fraction of sp³-hybridized carbons (Fsp3) is 0.562. The Morgan fingerprint density at radius 2 is 2.10 bits per heavy atom. The predicted octanol–water partition coefficient (Wildman–Crippen LogP) is 2.60.